The van der Waals surface area contributed by atoms with Gasteiger partial charge in [-0.15, -0.1) is 12.6 Å². The summed E-state index contributed by atoms with van der Waals surface area (Å²) < 4.78 is 13.3. The van der Waals surface area contributed by atoms with Crippen molar-refractivity contribution in [3.63, 3.8) is 0 Å². The summed E-state index contributed by atoms with van der Waals surface area (Å²) in [6, 6.07) is 2.55. The van der Waals surface area contributed by atoms with E-state index < -0.39 is 5.82 Å². The van der Waals surface area contributed by atoms with Gasteiger partial charge in [-0.3, -0.25) is 4.79 Å². The molecular weight excluding hydrogens is 249 g/mol. The van der Waals surface area contributed by atoms with Gasteiger partial charge in [-0.2, -0.15) is 0 Å². The SMILES string of the molecule is CCc1c(S)[nH]c2cc(Cl)c(F)cc2c1=O. The van der Waals surface area contributed by atoms with E-state index in [1.807, 2.05) is 6.92 Å². The van der Waals surface area contributed by atoms with Crippen LogP contribution in [0.4, 0.5) is 4.39 Å². The zero-order chi connectivity index (χ0) is 11.9. The van der Waals surface area contributed by atoms with E-state index in [2.05, 4.69) is 17.6 Å². The standard InChI is InChI=1S/C11H9ClFNOS/c1-2-5-10(15)6-3-8(13)7(12)4-9(6)14-11(5)16/h3-4H,2H2,1H3,(H2,14,15,16). The molecule has 1 heterocycles. The number of aromatic nitrogens is 1. The van der Waals surface area contributed by atoms with Gasteiger partial charge in [0.15, 0.2) is 5.43 Å². The maximum Gasteiger partial charge on any atom is 0.193 e. The van der Waals surface area contributed by atoms with E-state index in [9.17, 15) is 9.18 Å². The number of halogens is 2. The van der Waals surface area contributed by atoms with Crippen molar-refractivity contribution in [1.82, 2.24) is 4.98 Å². The first-order chi connectivity index (χ1) is 7.54. The molecule has 0 atom stereocenters. The van der Waals surface area contributed by atoms with E-state index in [4.69, 9.17) is 11.6 Å². The number of hydrogen-bond donors (Lipinski definition) is 2. The molecule has 1 aromatic heterocycles. The number of aromatic amines is 1. The van der Waals surface area contributed by atoms with Crippen molar-refractivity contribution in [2.75, 3.05) is 0 Å². The summed E-state index contributed by atoms with van der Waals surface area (Å²) in [5.41, 5.74) is 0.855. The third-order valence-corrected chi connectivity index (χ3v) is 3.14. The van der Waals surface area contributed by atoms with Crippen molar-refractivity contribution in [2.24, 2.45) is 0 Å². The van der Waals surface area contributed by atoms with Crippen LogP contribution in [-0.2, 0) is 6.42 Å². The lowest BCUT2D eigenvalue weighted by Gasteiger charge is -2.06. The average molecular weight is 258 g/mol. The van der Waals surface area contributed by atoms with Crippen LogP contribution < -0.4 is 5.43 Å². The maximum absolute atomic E-state index is 13.3. The van der Waals surface area contributed by atoms with Gasteiger partial charge in [0, 0.05) is 10.9 Å². The predicted molar refractivity (Wildman–Crippen MR) is 66.2 cm³/mol. The third-order valence-electron chi connectivity index (χ3n) is 2.47. The number of fused-ring (bicyclic) bond motifs is 1. The van der Waals surface area contributed by atoms with Crippen LogP contribution in [0.5, 0.6) is 0 Å². The van der Waals surface area contributed by atoms with Gasteiger partial charge >= 0.3 is 0 Å². The molecule has 0 bridgehead atoms. The van der Waals surface area contributed by atoms with Crippen LogP contribution in [-0.4, -0.2) is 4.98 Å². The van der Waals surface area contributed by atoms with Gasteiger partial charge in [-0.25, -0.2) is 4.39 Å². The number of thiol groups is 1. The Morgan fingerprint density at radius 2 is 2.19 bits per heavy atom. The normalized spacial score (nSPS) is 11.0. The van der Waals surface area contributed by atoms with Crippen molar-refractivity contribution in [3.8, 4) is 0 Å². The van der Waals surface area contributed by atoms with Crippen LogP contribution >= 0.6 is 24.2 Å². The molecule has 0 spiro atoms. The Kier molecular flexibility index (Phi) is 2.95. The van der Waals surface area contributed by atoms with E-state index in [1.54, 1.807) is 0 Å². The summed E-state index contributed by atoms with van der Waals surface area (Å²) in [5.74, 6) is -0.589. The van der Waals surface area contributed by atoms with E-state index >= 15 is 0 Å². The van der Waals surface area contributed by atoms with Crippen LogP contribution in [0.25, 0.3) is 10.9 Å². The molecule has 1 aromatic carbocycles. The minimum Gasteiger partial charge on any atom is -0.349 e. The molecule has 5 heteroatoms. The van der Waals surface area contributed by atoms with E-state index in [1.165, 1.54) is 6.07 Å². The zero-order valence-electron chi connectivity index (χ0n) is 8.47. The first-order valence-corrected chi connectivity index (χ1v) is 5.60. The molecule has 0 saturated carbocycles. The first kappa shape index (κ1) is 11.5. The highest BCUT2D eigenvalue weighted by Crippen LogP contribution is 2.21. The molecular formula is C11H9ClFNOS. The topological polar surface area (TPSA) is 32.9 Å². The Labute approximate surface area is 102 Å². The number of H-pyrrole nitrogens is 1. The maximum atomic E-state index is 13.3. The number of benzene rings is 1. The first-order valence-electron chi connectivity index (χ1n) is 4.77. The summed E-state index contributed by atoms with van der Waals surface area (Å²) in [6.07, 6.45) is 0.550. The van der Waals surface area contributed by atoms with Gasteiger partial charge < -0.3 is 4.98 Å². The highest BCUT2D eigenvalue weighted by Gasteiger charge is 2.10. The fourth-order valence-electron chi connectivity index (χ4n) is 1.64. The predicted octanol–water partition coefficient (Wildman–Crippen LogP) is 3.17. The molecule has 0 saturated heterocycles. The van der Waals surface area contributed by atoms with E-state index in [0.29, 0.717) is 27.9 Å². The molecule has 0 fully saturated rings. The third kappa shape index (κ3) is 1.72. The molecule has 0 aliphatic heterocycles. The Balaban J connectivity index is 2.94. The lowest BCUT2D eigenvalue weighted by atomic mass is 10.1. The number of hydrogen-bond acceptors (Lipinski definition) is 2. The van der Waals surface area contributed by atoms with E-state index in [-0.39, 0.29) is 10.5 Å². The fraction of sp³-hybridized carbons (Fsp3) is 0.182. The van der Waals surface area contributed by atoms with Crippen LogP contribution in [0.2, 0.25) is 5.02 Å². The Morgan fingerprint density at radius 3 is 2.81 bits per heavy atom. The minimum absolute atomic E-state index is 0.0138. The molecule has 2 aromatic rings. The number of rotatable bonds is 1. The van der Waals surface area contributed by atoms with Crippen molar-refractivity contribution < 1.29 is 4.39 Å². The summed E-state index contributed by atoms with van der Waals surface area (Å²) in [7, 11) is 0. The van der Waals surface area contributed by atoms with Crippen LogP contribution in [0.1, 0.15) is 12.5 Å². The highest BCUT2D eigenvalue weighted by molar-refractivity contribution is 7.80. The lowest BCUT2D eigenvalue weighted by molar-refractivity contribution is 0.630. The Hall–Kier alpha value is -1.00. The monoisotopic (exact) mass is 257 g/mol. The van der Waals surface area contributed by atoms with Gasteiger partial charge in [-0.1, -0.05) is 18.5 Å². The fourth-order valence-corrected chi connectivity index (χ4v) is 2.18. The molecule has 84 valence electrons. The van der Waals surface area contributed by atoms with Gasteiger partial charge in [0.2, 0.25) is 0 Å². The molecule has 2 nitrogen and oxygen atoms in total. The summed E-state index contributed by atoms with van der Waals surface area (Å²) in [4.78, 5) is 14.9. The van der Waals surface area contributed by atoms with Crippen molar-refractivity contribution in [1.29, 1.82) is 0 Å². The molecule has 0 unspecified atom stereocenters. The largest absolute Gasteiger partial charge is 0.349 e. The summed E-state index contributed by atoms with van der Waals surface area (Å²) in [5, 5.41) is 0.791. The number of nitrogens with one attached hydrogen (secondary N) is 1. The van der Waals surface area contributed by atoms with Crippen molar-refractivity contribution in [2.45, 2.75) is 18.4 Å². The van der Waals surface area contributed by atoms with Crippen molar-refractivity contribution in [3.05, 3.63) is 38.8 Å². The Bertz CT molecular complexity index is 623. The minimum atomic E-state index is -0.589. The van der Waals surface area contributed by atoms with Crippen LogP contribution in [0.3, 0.4) is 0 Å². The second-order valence-electron chi connectivity index (χ2n) is 3.45. The summed E-state index contributed by atoms with van der Waals surface area (Å²) in [6.45, 7) is 1.85. The van der Waals surface area contributed by atoms with E-state index in [0.717, 1.165) is 6.07 Å². The summed E-state index contributed by atoms with van der Waals surface area (Å²) >= 11 is 9.84. The molecule has 0 amide bonds. The van der Waals surface area contributed by atoms with Gasteiger partial charge in [0.25, 0.3) is 0 Å². The quantitative estimate of drug-likeness (QED) is 0.756. The smallest absolute Gasteiger partial charge is 0.193 e. The molecule has 1 N–H and O–H groups in total. The second-order valence-corrected chi connectivity index (χ2v) is 4.30. The van der Waals surface area contributed by atoms with Crippen LogP contribution in [0.15, 0.2) is 22.0 Å². The second kappa shape index (κ2) is 4.11. The van der Waals surface area contributed by atoms with Gasteiger partial charge in [0.1, 0.15) is 5.82 Å². The highest BCUT2D eigenvalue weighted by atomic mass is 35.5. The molecule has 0 radical (unpaired) electrons. The van der Waals surface area contributed by atoms with Gasteiger partial charge in [0.05, 0.1) is 15.6 Å². The molecule has 0 aliphatic carbocycles. The molecule has 0 aliphatic rings. The lowest BCUT2D eigenvalue weighted by Crippen LogP contribution is -2.11. The van der Waals surface area contributed by atoms with Crippen molar-refractivity contribution >= 4 is 35.1 Å². The van der Waals surface area contributed by atoms with Gasteiger partial charge in [-0.05, 0) is 18.6 Å². The number of pyridine rings is 1. The van der Waals surface area contributed by atoms with Crippen LogP contribution in [0, 0.1) is 5.82 Å². The average Bonchev–Trinajstić information content (AvgIpc) is 2.22. The Morgan fingerprint density at radius 1 is 1.50 bits per heavy atom. The molecule has 2 rings (SSSR count). The molecule has 16 heavy (non-hydrogen) atoms. The zero-order valence-corrected chi connectivity index (χ0v) is 10.1.